The Morgan fingerprint density at radius 3 is 3.12 bits per heavy atom. The number of carbonyl (C=O) groups is 1. The number of likely N-dealkylation sites (tertiary alicyclic amines) is 1. The Hall–Kier alpha value is -2.14. The van der Waals surface area contributed by atoms with Gasteiger partial charge in [-0.3, -0.25) is 9.69 Å². The number of rotatable bonds is 5. The predicted octanol–water partition coefficient (Wildman–Crippen LogP) is 3.43. The zero-order valence-electron chi connectivity index (χ0n) is 14.3. The van der Waals surface area contributed by atoms with Gasteiger partial charge in [-0.15, -0.1) is 0 Å². The van der Waals surface area contributed by atoms with Crippen LogP contribution in [0.2, 0.25) is 0 Å². The normalized spacial score (nSPS) is 18.5. The van der Waals surface area contributed by atoms with Crippen molar-refractivity contribution in [2.24, 2.45) is 5.92 Å². The van der Waals surface area contributed by atoms with E-state index in [1.807, 2.05) is 19.1 Å². The summed E-state index contributed by atoms with van der Waals surface area (Å²) in [4.78, 5) is 14.3. The molecule has 5 heteroatoms. The van der Waals surface area contributed by atoms with E-state index in [9.17, 15) is 4.79 Å². The van der Waals surface area contributed by atoms with Gasteiger partial charge in [0, 0.05) is 24.2 Å². The van der Waals surface area contributed by atoms with Crippen molar-refractivity contribution in [1.82, 2.24) is 10.1 Å². The number of hydrogen-bond donors (Lipinski definition) is 0. The molecule has 0 bridgehead atoms. The highest BCUT2D eigenvalue weighted by Crippen LogP contribution is 2.27. The summed E-state index contributed by atoms with van der Waals surface area (Å²) in [5.74, 6) is 0.712. The lowest BCUT2D eigenvalue weighted by molar-refractivity contribution is -0.150. The number of esters is 1. The van der Waals surface area contributed by atoms with Gasteiger partial charge in [-0.25, -0.2) is 0 Å². The molecule has 1 aliphatic heterocycles. The number of nitrogens with zero attached hydrogens (tertiary/aromatic N) is 2. The molecule has 1 aliphatic rings. The van der Waals surface area contributed by atoms with Crippen LogP contribution in [0, 0.1) is 12.8 Å². The molecule has 0 spiro atoms. The molecule has 3 rings (SSSR count). The summed E-state index contributed by atoms with van der Waals surface area (Å²) in [5, 5.41) is 3.98. The molecule has 2 heterocycles. The standard InChI is InChI=1S/C19H24N2O3/c1-3-23-19(22)16-8-5-9-21(12-16)13-17-11-20-24-18(17)15-7-4-6-14(2)10-15/h4,6-7,10-11,16H,3,5,8-9,12-13H2,1-2H3. The summed E-state index contributed by atoms with van der Waals surface area (Å²) in [5.41, 5.74) is 3.29. The molecule has 0 N–H and O–H groups in total. The van der Waals surface area contributed by atoms with Gasteiger partial charge < -0.3 is 9.26 Å². The van der Waals surface area contributed by atoms with E-state index in [4.69, 9.17) is 9.26 Å². The number of aryl methyl sites for hydroxylation is 1. The quantitative estimate of drug-likeness (QED) is 0.787. The lowest BCUT2D eigenvalue weighted by Gasteiger charge is -2.31. The average molecular weight is 328 g/mol. The van der Waals surface area contributed by atoms with Crippen LogP contribution in [0.5, 0.6) is 0 Å². The van der Waals surface area contributed by atoms with Gasteiger partial charge in [-0.05, 0) is 39.3 Å². The molecule has 1 unspecified atom stereocenters. The molecule has 1 atom stereocenters. The van der Waals surface area contributed by atoms with Crippen molar-refractivity contribution in [3.63, 3.8) is 0 Å². The summed E-state index contributed by atoms with van der Waals surface area (Å²) >= 11 is 0. The topological polar surface area (TPSA) is 55.6 Å². The van der Waals surface area contributed by atoms with Crippen LogP contribution in [-0.2, 0) is 16.1 Å². The number of hydrogen-bond acceptors (Lipinski definition) is 5. The first-order valence-corrected chi connectivity index (χ1v) is 8.57. The molecule has 0 radical (unpaired) electrons. The maximum absolute atomic E-state index is 12.0. The first-order valence-electron chi connectivity index (χ1n) is 8.57. The van der Waals surface area contributed by atoms with Gasteiger partial charge in [0.1, 0.15) is 0 Å². The van der Waals surface area contributed by atoms with Gasteiger partial charge in [0.25, 0.3) is 0 Å². The van der Waals surface area contributed by atoms with Crippen LogP contribution in [0.4, 0.5) is 0 Å². The van der Waals surface area contributed by atoms with Crippen LogP contribution in [0.3, 0.4) is 0 Å². The maximum atomic E-state index is 12.0. The first-order chi connectivity index (χ1) is 11.7. The van der Waals surface area contributed by atoms with Crippen molar-refractivity contribution >= 4 is 5.97 Å². The molecule has 1 fully saturated rings. The Labute approximate surface area is 142 Å². The van der Waals surface area contributed by atoms with Crippen LogP contribution >= 0.6 is 0 Å². The third kappa shape index (κ3) is 3.85. The molecule has 2 aromatic rings. The number of benzene rings is 1. The van der Waals surface area contributed by atoms with Crippen LogP contribution in [-0.4, -0.2) is 35.7 Å². The number of carbonyl (C=O) groups excluding carboxylic acids is 1. The highest BCUT2D eigenvalue weighted by molar-refractivity contribution is 5.72. The van der Waals surface area contributed by atoms with E-state index in [-0.39, 0.29) is 11.9 Å². The largest absolute Gasteiger partial charge is 0.466 e. The Morgan fingerprint density at radius 1 is 1.46 bits per heavy atom. The van der Waals surface area contributed by atoms with Gasteiger partial charge in [0.15, 0.2) is 5.76 Å². The average Bonchev–Trinajstić information content (AvgIpc) is 3.03. The van der Waals surface area contributed by atoms with Crippen LogP contribution in [0.1, 0.15) is 30.9 Å². The van der Waals surface area contributed by atoms with Crippen molar-refractivity contribution in [3.05, 3.63) is 41.6 Å². The minimum atomic E-state index is -0.0774. The van der Waals surface area contributed by atoms with Crippen molar-refractivity contribution in [1.29, 1.82) is 0 Å². The van der Waals surface area contributed by atoms with Crippen molar-refractivity contribution < 1.29 is 14.1 Å². The molecular weight excluding hydrogens is 304 g/mol. The molecule has 0 aliphatic carbocycles. The lowest BCUT2D eigenvalue weighted by atomic mass is 9.97. The van der Waals surface area contributed by atoms with E-state index >= 15 is 0 Å². The molecule has 1 saturated heterocycles. The molecule has 1 aromatic heterocycles. The highest BCUT2D eigenvalue weighted by Gasteiger charge is 2.27. The first kappa shape index (κ1) is 16.7. The summed E-state index contributed by atoms with van der Waals surface area (Å²) in [6.07, 6.45) is 3.70. The smallest absolute Gasteiger partial charge is 0.310 e. The minimum absolute atomic E-state index is 0.0269. The summed E-state index contributed by atoms with van der Waals surface area (Å²) < 4.78 is 10.7. The van der Waals surface area contributed by atoms with Crippen LogP contribution < -0.4 is 0 Å². The predicted molar refractivity (Wildman–Crippen MR) is 91.3 cm³/mol. The van der Waals surface area contributed by atoms with Gasteiger partial charge in [0.2, 0.25) is 0 Å². The Balaban J connectivity index is 1.71. The molecule has 5 nitrogen and oxygen atoms in total. The Bertz CT molecular complexity index is 695. The van der Waals surface area contributed by atoms with E-state index in [0.29, 0.717) is 6.61 Å². The van der Waals surface area contributed by atoms with Gasteiger partial charge >= 0.3 is 5.97 Å². The number of ether oxygens (including phenoxy) is 1. The zero-order chi connectivity index (χ0) is 16.9. The van der Waals surface area contributed by atoms with E-state index < -0.39 is 0 Å². The fraction of sp³-hybridized carbons (Fsp3) is 0.474. The fourth-order valence-corrected chi connectivity index (χ4v) is 3.29. The van der Waals surface area contributed by atoms with Gasteiger partial charge in [-0.1, -0.05) is 28.9 Å². The second-order valence-corrected chi connectivity index (χ2v) is 6.38. The second kappa shape index (κ2) is 7.62. The SMILES string of the molecule is CCOC(=O)C1CCCN(Cc2cnoc2-c2cccc(C)c2)C1. The van der Waals surface area contributed by atoms with Gasteiger partial charge in [0.05, 0.1) is 18.7 Å². The third-order valence-corrected chi connectivity index (χ3v) is 4.44. The van der Waals surface area contributed by atoms with E-state index in [1.165, 1.54) is 5.56 Å². The van der Waals surface area contributed by atoms with Crippen LogP contribution in [0.25, 0.3) is 11.3 Å². The van der Waals surface area contributed by atoms with Crippen molar-refractivity contribution in [2.75, 3.05) is 19.7 Å². The fourth-order valence-electron chi connectivity index (χ4n) is 3.29. The minimum Gasteiger partial charge on any atom is -0.466 e. The summed E-state index contributed by atoms with van der Waals surface area (Å²) in [7, 11) is 0. The zero-order valence-corrected chi connectivity index (χ0v) is 14.3. The van der Waals surface area contributed by atoms with Crippen LogP contribution in [0.15, 0.2) is 35.0 Å². The van der Waals surface area contributed by atoms with E-state index in [2.05, 4.69) is 29.1 Å². The van der Waals surface area contributed by atoms with E-state index in [1.54, 1.807) is 6.20 Å². The molecule has 128 valence electrons. The van der Waals surface area contributed by atoms with Crippen molar-refractivity contribution in [2.45, 2.75) is 33.2 Å². The number of piperidine rings is 1. The second-order valence-electron chi connectivity index (χ2n) is 6.38. The maximum Gasteiger partial charge on any atom is 0.310 e. The Kier molecular flexibility index (Phi) is 5.30. The molecular formula is C19H24N2O3. The summed E-state index contributed by atoms with van der Waals surface area (Å²) in [6.45, 7) is 6.81. The van der Waals surface area contributed by atoms with Gasteiger partial charge in [-0.2, -0.15) is 0 Å². The molecule has 0 amide bonds. The number of aromatic nitrogens is 1. The molecule has 1 aromatic carbocycles. The summed E-state index contributed by atoms with van der Waals surface area (Å²) in [6, 6.07) is 8.22. The highest BCUT2D eigenvalue weighted by atomic mass is 16.5. The van der Waals surface area contributed by atoms with Crippen molar-refractivity contribution in [3.8, 4) is 11.3 Å². The van der Waals surface area contributed by atoms with E-state index in [0.717, 1.165) is 49.4 Å². The third-order valence-electron chi connectivity index (χ3n) is 4.44. The Morgan fingerprint density at radius 2 is 2.33 bits per heavy atom. The monoisotopic (exact) mass is 328 g/mol. The lowest BCUT2D eigenvalue weighted by Crippen LogP contribution is -2.38. The molecule has 24 heavy (non-hydrogen) atoms. The molecule has 0 saturated carbocycles.